The van der Waals surface area contributed by atoms with Crippen LogP contribution in [-0.2, 0) is 4.79 Å². The molecule has 3 rings (SSSR count). The summed E-state index contributed by atoms with van der Waals surface area (Å²) < 4.78 is 0. The maximum atomic E-state index is 11.6. The first kappa shape index (κ1) is 12.5. The van der Waals surface area contributed by atoms with E-state index >= 15 is 0 Å². The molecule has 1 heterocycles. The summed E-state index contributed by atoms with van der Waals surface area (Å²) in [5, 5.41) is 9.52. The number of hydrogen-bond donors (Lipinski definition) is 1. The maximum Gasteiger partial charge on any atom is 0.320 e. The van der Waals surface area contributed by atoms with Crippen LogP contribution in [-0.4, -0.2) is 34.1 Å². The summed E-state index contributed by atoms with van der Waals surface area (Å²) in [6.45, 7) is 0. The molecule has 2 saturated carbocycles. The van der Waals surface area contributed by atoms with E-state index in [1.165, 1.54) is 51.4 Å². The van der Waals surface area contributed by atoms with Crippen LogP contribution in [0.15, 0.2) is 0 Å². The molecule has 3 nitrogen and oxygen atoms in total. The fourth-order valence-electron chi connectivity index (χ4n) is 4.65. The predicted octanol–water partition coefficient (Wildman–Crippen LogP) is 3.04. The van der Waals surface area contributed by atoms with Crippen LogP contribution in [0.25, 0.3) is 0 Å². The fraction of sp³-hybridized carbons (Fsp3) is 0.933. The van der Waals surface area contributed by atoms with Crippen LogP contribution >= 0.6 is 0 Å². The van der Waals surface area contributed by atoms with Crippen molar-refractivity contribution < 1.29 is 9.90 Å². The van der Waals surface area contributed by atoms with Crippen LogP contribution in [0, 0.1) is 5.92 Å². The van der Waals surface area contributed by atoms with Gasteiger partial charge in [0.05, 0.1) is 0 Å². The van der Waals surface area contributed by atoms with Gasteiger partial charge < -0.3 is 5.11 Å². The third kappa shape index (κ3) is 2.18. The highest BCUT2D eigenvalue weighted by Gasteiger charge is 2.44. The van der Waals surface area contributed by atoms with Gasteiger partial charge in [0.15, 0.2) is 0 Å². The van der Waals surface area contributed by atoms with Gasteiger partial charge in [-0.1, -0.05) is 25.7 Å². The molecule has 3 heteroatoms. The number of likely N-dealkylation sites (tertiary alicyclic amines) is 1. The molecule has 102 valence electrons. The number of rotatable bonds is 2. The lowest BCUT2D eigenvalue weighted by molar-refractivity contribution is -0.150. The van der Waals surface area contributed by atoms with E-state index < -0.39 is 5.97 Å². The Morgan fingerprint density at radius 3 is 2.28 bits per heavy atom. The van der Waals surface area contributed by atoms with Crippen molar-refractivity contribution in [3.63, 3.8) is 0 Å². The summed E-state index contributed by atoms with van der Waals surface area (Å²) in [6, 6.07) is 0.959. The Kier molecular flexibility index (Phi) is 3.60. The van der Waals surface area contributed by atoms with Crippen LogP contribution in [0.2, 0.25) is 0 Å². The number of fused-ring (bicyclic) bond motifs is 1. The Labute approximate surface area is 110 Å². The zero-order chi connectivity index (χ0) is 12.5. The summed E-state index contributed by atoms with van der Waals surface area (Å²) in [4.78, 5) is 14.0. The molecular weight excluding hydrogens is 226 g/mol. The zero-order valence-corrected chi connectivity index (χ0v) is 11.2. The largest absolute Gasteiger partial charge is 0.480 e. The molecule has 3 atom stereocenters. The Hall–Kier alpha value is -0.570. The number of nitrogens with zero attached hydrogens (tertiary/aromatic N) is 1. The quantitative estimate of drug-likeness (QED) is 0.820. The van der Waals surface area contributed by atoms with E-state index in [1.54, 1.807) is 0 Å². The number of piperidine rings is 1. The summed E-state index contributed by atoms with van der Waals surface area (Å²) in [6.07, 6.45) is 12.3. The molecule has 3 unspecified atom stereocenters. The van der Waals surface area contributed by atoms with Crippen molar-refractivity contribution >= 4 is 5.97 Å². The van der Waals surface area contributed by atoms with Crippen molar-refractivity contribution in [2.45, 2.75) is 82.3 Å². The lowest BCUT2D eigenvalue weighted by atomic mass is 9.75. The second kappa shape index (κ2) is 5.20. The van der Waals surface area contributed by atoms with Gasteiger partial charge in [-0.3, -0.25) is 9.69 Å². The highest BCUT2D eigenvalue weighted by Crippen LogP contribution is 2.41. The first-order valence-corrected chi connectivity index (χ1v) is 7.77. The van der Waals surface area contributed by atoms with Crippen molar-refractivity contribution in [2.75, 3.05) is 0 Å². The van der Waals surface area contributed by atoms with Gasteiger partial charge >= 0.3 is 5.97 Å². The van der Waals surface area contributed by atoms with Crippen molar-refractivity contribution in [1.29, 1.82) is 0 Å². The lowest BCUT2D eigenvalue weighted by Crippen LogP contribution is -2.58. The van der Waals surface area contributed by atoms with Crippen LogP contribution in [0.3, 0.4) is 0 Å². The zero-order valence-electron chi connectivity index (χ0n) is 11.2. The van der Waals surface area contributed by atoms with Crippen molar-refractivity contribution in [1.82, 2.24) is 4.90 Å². The Balaban J connectivity index is 1.82. The fourth-order valence-corrected chi connectivity index (χ4v) is 4.65. The van der Waals surface area contributed by atoms with Crippen molar-refractivity contribution in [3.8, 4) is 0 Å². The molecule has 0 aromatic heterocycles. The first-order chi connectivity index (χ1) is 8.77. The molecule has 0 radical (unpaired) electrons. The Morgan fingerprint density at radius 1 is 0.889 bits per heavy atom. The Morgan fingerprint density at radius 2 is 1.56 bits per heavy atom. The van der Waals surface area contributed by atoms with E-state index in [1.807, 2.05) is 0 Å². The summed E-state index contributed by atoms with van der Waals surface area (Å²) in [5.41, 5.74) is 0. The average molecular weight is 251 g/mol. The smallest absolute Gasteiger partial charge is 0.320 e. The molecule has 1 N–H and O–H groups in total. The van der Waals surface area contributed by atoms with Crippen LogP contribution in [0.5, 0.6) is 0 Å². The van der Waals surface area contributed by atoms with E-state index in [9.17, 15) is 9.90 Å². The molecule has 0 aromatic rings. The number of hydrogen-bond acceptors (Lipinski definition) is 2. The van der Waals surface area contributed by atoms with Gasteiger partial charge in [0.25, 0.3) is 0 Å². The van der Waals surface area contributed by atoms with Crippen LogP contribution in [0.4, 0.5) is 0 Å². The van der Waals surface area contributed by atoms with Gasteiger partial charge in [-0.25, -0.2) is 0 Å². The third-order valence-corrected chi connectivity index (χ3v) is 5.45. The van der Waals surface area contributed by atoms with E-state index in [0.29, 0.717) is 12.1 Å². The minimum Gasteiger partial charge on any atom is -0.480 e. The standard InChI is InChI=1S/C15H25NO2/c17-15(18)14-10-9-11-5-1-4-8-13(11)16(14)12-6-2-3-7-12/h11-14H,1-10H2,(H,17,18). The number of carboxylic acids is 1. The molecule has 0 amide bonds. The van der Waals surface area contributed by atoms with Gasteiger partial charge in [-0.2, -0.15) is 0 Å². The Bertz CT molecular complexity index is 312. The molecular formula is C15H25NO2. The second-order valence-electron chi connectivity index (χ2n) is 6.43. The maximum absolute atomic E-state index is 11.6. The topological polar surface area (TPSA) is 40.5 Å². The van der Waals surface area contributed by atoms with Crippen molar-refractivity contribution in [3.05, 3.63) is 0 Å². The minimum absolute atomic E-state index is 0.188. The molecule has 0 aromatic carbocycles. The molecule has 2 aliphatic carbocycles. The molecule has 1 aliphatic heterocycles. The van der Waals surface area contributed by atoms with E-state index in [4.69, 9.17) is 0 Å². The molecule has 18 heavy (non-hydrogen) atoms. The highest BCUT2D eigenvalue weighted by molar-refractivity contribution is 5.73. The van der Waals surface area contributed by atoms with Gasteiger partial charge in [0, 0.05) is 12.1 Å². The number of aliphatic carboxylic acids is 1. The van der Waals surface area contributed by atoms with E-state index in [-0.39, 0.29) is 6.04 Å². The van der Waals surface area contributed by atoms with Crippen LogP contribution < -0.4 is 0 Å². The van der Waals surface area contributed by atoms with E-state index in [0.717, 1.165) is 18.8 Å². The minimum atomic E-state index is -0.578. The average Bonchev–Trinajstić information content (AvgIpc) is 2.90. The first-order valence-electron chi connectivity index (χ1n) is 7.77. The molecule has 3 fully saturated rings. The second-order valence-corrected chi connectivity index (χ2v) is 6.43. The van der Waals surface area contributed by atoms with Crippen LogP contribution in [0.1, 0.15) is 64.2 Å². The van der Waals surface area contributed by atoms with Gasteiger partial charge in [-0.05, 0) is 44.4 Å². The third-order valence-electron chi connectivity index (χ3n) is 5.45. The lowest BCUT2D eigenvalue weighted by Gasteiger charge is -2.50. The molecule has 0 spiro atoms. The normalized spacial score (nSPS) is 38.6. The number of carbonyl (C=O) groups is 1. The molecule has 3 aliphatic rings. The molecule has 0 bridgehead atoms. The monoisotopic (exact) mass is 251 g/mol. The van der Waals surface area contributed by atoms with E-state index in [2.05, 4.69) is 4.90 Å². The number of carboxylic acid groups (broad SMARTS) is 1. The summed E-state index contributed by atoms with van der Waals surface area (Å²) >= 11 is 0. The summed E-state index contributed by atoms with van der Waals surface area (Å²) in [5.74, 6) is 0.209. The predicted molar refractivity (Wildman–Crippen MR) is 70.5 cm³/mol. The van der Waals surface area contributed by atoms with Gasteiger partial charge in [0.2, 0.25) is 0 Å². The van der Waals surface area contributed by atoms with Gasteiger partial charge in [0.1, 0.15) is 6.04 Å². The van der Waals surface area contributed by atoms with Gasteiger partial charge in [-0.15, -0.1) is 0 Å². The summed E-state index contributed by atoms with van der Waals surface area (Å²) in [7, 11) is 0. The highest BCUT2D eigenvalue weighted by atomic mass is 16.4. The SMILES string of the molecule is O=C(O)C1CCC2CCCCC2N1C1CCCC1. The van der Waals surface area contributed by atoms with Crippen molar-refractivity contribution in [2.24, 2.45) is 5.92 Å². The molecule has 1 saturated heterocycles.